The number of likely N-dealkylation sites (tertiary alicyclic amines) is 1. The number of aromatic amines is 1. The normalized spacial score (nSPS) is 18.6. The van der Waals surface area contributed by atoms with Gasteiger partial charge in [0.2, 0.25) is 0 Å². The van der Waals surface area contributed by atoms with Crippen LogP contribution in [0.3, 0.4) is 0 Å². The summed E-state index contributed by atoms with van der Waals surface area (Å²) in [6.45, 7) is 2.03. The lowest BCUT2D eigenvalue weighted by Crippen LogP contribution is -2.48. The molecule has 7 nitrogen and oxygen atoms in total. The van der Waals surface area contributed by atoms with Crippen LogP contribution in [0.4, 0.5) is 0 Å². The molecule has 0 unspecified atom stereocenters. The zero-order valence-corrected chi connectivity index (χ0v) is 12.7. The molecule has 1 aliphatic rings. The third kappa shape index (κ3) is 3.10. The van der Waals surface area contributed by atoms with Gasteiger partial charge in [-0.15, -0.1) is 11.8 Å². The fourth-order valence-electron chi connectivity index (χ4n) is 2.53. The van der Waals surface area contributed by atoms with Crippen molar-refractivity contribution in [3.63, 3.8) is 0 Å². The third-order valence-corrected chi connectivity index (χ3v) is 4.22. The molecule has 0 spiro atoms. The summed E-state index contributed by atoms with van der Waals surface area (Å²) in [5.74, 6) is -1.38. The number of nitrogens with one attached hydrogen (secondary N) is 1. The first-order chi connectivity index (χ1) is 9.95. The predicted octanol–water partition coefficient (Wildman–Crippen LogP) is 0.880. The summed E-state index contributed by atoms with van der Waals surface area (Å²) in [4.78, 5) is 43.1. The molecule has 2 N–H and O–H groups in total. The van der Waals surface area contributed by atoms with Crippen LogP contribution in [-0.2, 0) is 4.79 Å². The Morgan fingerprint density at radius 3 is 2.76 bits per heavy atom. The maximum absolute atomic E-state index is 12.7. The molecular weight excluding hydrogens is 294 g/mol. The van der Waals surface area contributed by atoms with Crippen molar-refractivity contribution < 1.29 is 14.7 Å². The van der Waals surface area contributed by atoms with Crippen molar-refractivity contribution in [1.29, 1.82) is 0 Å². The standard InChI is InChI=1S/C13H17N3O4S/c1-7-9(10(21-2)15-13(20)14-7)11(17)16-6-4-3-5-8(16)12(18)19/h8H,3-6H2,1-2H3,(H,18,19)(H,14,15,20)/t8-/m0/s1. The number of H-pyrrole nitrogens is 1. The van der Waals surface area contributed by atoms with E-state index in [0.29, 0.717) is 23.7 Å². The molecule has 0 saturated carbocycles. The second kappa shape index (κ2) is 6.30. The van der Waals surface area contributed by atoms with Crippen molar-refractivity contribution in [2.75, 3.05) is 12.8 Å². The van der Waals surface area contributed by atoms with Gasteiger partial charge in [0.25, 0.3) is 5.91 Å². The van der Waals surface area contributed by atoms with E-state index in [-0.39, 0.29) is 11.5 Å². The quantitative estimate of drug-likeness (QED) is 0.634. The lowest BCUT2D eigenvalue weighted by molar-refractivity contribution is -0.143. The first-order valence-corrected chi connectivity index (χ1v) is 7.87. The largest absolute Gasteiger partial charge is 0.480 e. The molecule has 1 fully saturated rings. The van der Waals surface area contributed by atoms with Crippen molar-refractivity contribution in [2.45, 2.75) is 37.3 Å². The molecule has 21 heavy (non-hydrogen) atoms. The molecule has 0 aliphatic carbocycles. The number of aryl methyl sites for hydroxylation is 1. The summed E-state index contributed by atoms with van der Waals surface area (Å²) in [6.07, 6.45) is 3.74. The molecule has 1 amide bonds. The fraction of sp³-hybridized carbons (Fsp3) is 0.538. The van der Waals surface area contributed by atoms with Crippen molar-refractivity contribution >= 4 is 23.6 Å². The lowest BCUT2D eigenvalue weighted by atomic mass is 10.0. The number of hydrogen-bond acceptors (Lipinski definition) is 5. The summed E-state index contributed by atoms with van der Waals surface area (Å²) >= 11 is 1.20. The van der Waals surface area contributed by atoms with Crippen molar-refractivity contribution in [3.05, 3.63) is 21.7 Å². The Labute approximate surface area is 125 Å². The molecule has 1 aliphatic heterocycles. The number of hydrogen-bond donors (Lipinski definition) is 2. The highest BCUT2D eigenvalue weighted by Crippen LogP contribution is 2.24. The topological polar surface area (TPSA) is 103 Å². The molecule has 2 heterocycles. The molecule has 1 saturated heterocycles. The number of carboxylic acids is 1. The van der Waals surface area contributed by atoms with E-state index in [1.807, 2.05) is 0 Å². The molecule has 8 heteroatoms. The van der Waals surface area contributed by atoms with Gasteiger partial charge in [0, 0.05) is 12.2 Å². The highest BCUT2D eigenvalue weighted by molar-refractivity contribution is 7.98. The van der Waals surface area contributed by atoms with Gasteiger partial charge in [-0.05, 0) is 32.4 Å². The summed E-state index contributed by atoms with van der Waals surface area (Å²) < 4.78 is 0. The van der Waals surface area contributed by atoms with Crippen molar-refractivity contribution in [2.24, 2.45) is 0 Å². The lowest BCUT2D eigenvalue weighted by Gasteiger charge is -2.33. The van der Waals surface area contributed by atoms with E-state index in [1.54, 1.807) is 13.2 Å². The van der Waals surface area contributed by atoms with Crippen molar-refractivity contribution in [1.82, 2.24) is 14.9 Å². The van der Waals surface area contributed by atoms with E-state index >= 15 is 0 Å². The molecule has 0 aromatic carbocycles. The first-order valence-electron chi connectivity index (χ1n) is 6.64. The van der Waals surface area contributed by atoms with E-state index < -0.39 is 17.7 Å². The van der Waals surface area contributed by atoms with E-state index in [2.05, 4.69) is 9.97 Å². The van der Waals surface area contributed by atoms with Gasteiger partial charge in [-0.3, -0.25) is 4.79 Å². The predicted molar refractivity (Wildman–Crippen MR) is 77.7 cm³/mol. The monoisotopic (exact) mass is 311 g/mol. The zero-order chi connectivity index (χ0) is 15.6. The number of aliphatic carboxylic acids is 1. The number of piperidine rings is 1. The number of thioether (sulfide) groups is 1. The van der Waals surface area contributed by atoms with Crippen LogP contribution in [0.2, 0.25) is 0 Å². The summed E-state index contributed by atoms with van der Waals surface area (Å²) in [7, 11) is 0. The molecule has 1 atom stereocenters. The minimum atomic E-state index is -0.996. The van der Waals surface area contributed by atoms with E-state index in [9.17, 15) is 19.5 Å². The number of amides is 1. The highest BCUT2D eigenvalue weighted by atomic mass is 32.2. The van der Waals surface area contributed by atoms with Crippen molar-refractivity contribution in [3.8, 4) is 0 Å². The number of aromatic nitrogens is 2. The number of carbonyl (C=O) groups excluding carboxylic acids is 1. The van der Waals surface area contributed by atoms with Crippen LogP contribution in [0.1, 0.15) is 35.3 Å². The van der Waals surface area contributed by atoms with Crippen LogP contribution in [-0.4, -0.2) is 50.7 Å². The second-order valence-corrected chi connectivity index (χ2v) is 5.69. The number of carboxylic acid groups (broad SMARTS) is 1. The van der Waals surface area contributed by atoms with Gasteiger partial charge in [0.15, 0.2) is 0 Å². The molecule has 0 bridgehead atoms. The van der Waals surface area contributed by atoms with Gasteiger partial charge in [-0.25, -0.2) is 9.59 Å². The van der Waals surface area contributed by atoms with Crippen LogP contribution in [0.5, 0.6) is 0 Å². The number of rotatable bonds is 3. The summed E-state index contributed by atoms with van der Waals surface area (Å²) in [6, 6.07) is -0.813. The Hall–Kier alpha value is -1.83. The summed E-state index contributed by atoms with van der Waals surface area (Å²) in [5.41, 5.74) is 0.191. The van der Waals surface area contributed by atoms with Gasteiger partial charge in [0.1, 0.15) is 11.1 Å². The van der Waals surface area contributed by atoms with Crippen LogP contribution in [0.15, 0.2) is 9.82 Å². The van der Waals surface area contributed by atoms with Gasteiger partial charge in [-0.2, -0.15) is 4.98 Å². The third-order valence-electron chi connectivity index (χ3n) is 3.54. The fourth-order valence-corrected chi connectivity index (χ4v) is 3.15. The molecule has 2 rings (SSSR count). The van der Waals surface area contributed by atoms with Crippen LogP contribution in [0, 0.1) is 6.92 Å². The Morgan fingerprint density at radius 2 is 2.14 bits per heavy atom. The minimum Gasteiger partial charge on any atom is -0.480 e. The summed E-state index contributed by atoms with van der Waals surface area (Å²) in [5, 5.41) is 9.60. The average Bonchev–Trinajstić information content (AvgIpc) is 2.45. The maximum Gasteiger partial charge on any atom is 0.346 e. The Balaban J connectivity index is 2.43. The van der Waals surface area contributed by atoms with Gasteiger partial charge >= 0.3 is 11.7 Å². The van der Waals surface area contributed by atoms with E-state index in [0.717, 1.165) is 12.8 Å². The average molecular weight is 311 g/mol. The maximum atomic E-state index is 12.7. The smallest absolute Gasteiger partial charge is 0.346 e. The van der Waals surface area contributed by atoms with Crippen LogP contribution in [0.25, 0.3) is 0 Å². The van der Waals surface area contributed by atoms with Gasteiger partial charge in [0.05, 0.1) is 5.56 Å². The molecule has 0 radical (unpaired) electrons. The Kier molecular flexibility index (Phi) is 4.66. The number of nitrogens with zero attached hydrogens (tertiary/aromatic N) is 2. The zero-order valence-electron chi connectivity index (χ0n) is 11.9. The van der Waals surface area contributed by atoms with E-state index in [4.69, 9.17) is 0 Å². The molecule has 114 valence electrons. The van der Waals surface area contributed by atoms with Crippen LogP contribution < -0.4 is 5.69 Å². The van der Waals surface area contributed by atoms with E-state index in [1.165, 1.54) is 16.7 Å². The van der Waals surface area contributed by atoms with Gasteiger partial charge in [-0.1, -0.05) is 0 Å². The van der Waals surface area contributed by atoms with Gasteiger partial charge < -0.3 is 15.0 Å². The SMILES string of the molecule is CSc1nc(=O)[nH]c(C)c1C(=O)N1CCCC[C@H]1C(=O)O. The highest BCUT2D eigenvalue weighted by Gasteiger charge is 2.34. The second-order valence-electron chi connectivity index (χ2n) is 4.90. The Morgan fingerprint density at radius 1 is 1.43 bits per heavy atom. The molecule has 1 aromatic heterocycles. The first kappa shape index (κ1) is 15.6. The molecule has 1 aromatic rings. The van der Waals surface area contributed by atoms with Crippen LogP contribution >= 0.6 is 11.8 Å². The molecular formula is C13H17N3O4S. The number of carbonyl (C=O) groups is 2. The Bertz CT molecular complexity index is 628. The minimum absolute atomic E-state index is 0.287.